The zero-order valence-electron chi connectivity index (χ0n) is 12.6. The minimum Gasteiger partial charge on any atom is -0.451 e. The molecule has 1 amide bonds. The van der Waals surface area contributed by atoms with E-state index in [1.807, 2.05) is 5.32 Å². The van der Waals surface area contributed by atoms with Crippen LogP contribution in [0.15, 0.2) is 30.2 Å². The Kier molecular flexibility index (Phi) is 6.12. The number of rotatable bonds is 7. The predicted molar refractivity (Wildman–Crippen MR) is 86.0 cm³/mol. The van der Waals surface area contributed by atoms with Gasteiger partial charge in [-0.25, -0.2) is 22.9 Å². The number of nitrogens with one attached hydrogen (secondary N) is 2. The van der Waals surface area contributed by atoms with Gasteiger partial charge in [0, 0.05) is 11.9 Å². The first-order valence-electron chi connectivity index (χ1n) is 6.83. The Labute approximate surface area is 144 Å². The zero-order chi connectivity index (χ0) is 18.4. The van der Waals surface area contributed by atoms with Gasteiger partial charge in [-0.2, -0.15) is 0 Å². The molecule has 0 bridgehead atoms. The fourth-order valence-electron chi connectivity index (χ4n) is 1.62. The molecule has 0 spiro atoms. The van der Waals surface area contributed by atoms with Gasteiger partial charge in [-0.3, -0.25) is 4.79 Å². The number of nitrogens with zero attached hydrogens (tertiary/aromatic N) is 1. The monoisotopic (exact) mass is 371 g/mol. The van der Waals surface area contributed by atoms with Crippen molar-refractivity contribution in [1.82, 2.24) is 4.98 Å². The number of esters is 1. The van der Waals surface area contributed by atoms with Gasteiger partial charge in [0.25, 0.3) is 5.91 Å². The number of carbonyl (C=O) groups is 2. The molecule has 1 heterocycles. The number of hydrogen-bond donors (Lipinski definition) is 2. The van der Waals surface area contributed by atoms with Crippen LogP contribution in [0.4, 0.5) is 24.0 Å². The Morgan fingerprint density at radius 2 is 2.04 bits per heavy atom. The average molecular weight is 371 g/mol. The van der Waals surface area contributed by atoms with Crippen molar-refractivity contribution in [3.8, 4) is 0 Å². The first kappa shape index (κ1) is 18.5. The second kappa shape index (κ2) is 8.29. The van der Waals surface area contributed by atoms with Crippen molar-refractivity contribution in [2.75, 3.05) is 23.8 Å². The van der Waals surface area contributed by atoms with E-state index < -0.39 is 41.6 Å². The summed E-state index contributed by atoms with van der Waals surface area (Å²) in [5.74, 6) is -6.41. The van der Waals surface area contributed by atoms with Crippen LogP contribution in [0.5, 0.6) is 0 Å². The highest BCUT2D eigenvalue weighted by molar-refractivity contribution is 7.13. The van der Waals surface area contributed by atoms with Crippen LogP contribution < -0.4 is 10.6 Å². The van der Waals surface area contributed by atoms with Crippen molar-refractivity contribution in [2.45, 2.75) is 0 Å². The van der Waals surface area contributed by atoms with Crippen LogP contribution in [0.1, 0.15) is 10.5 Å². The maximum atomic E-state index is 13.4. The molecule has 0 atom stereocenters. The largest absolute Gasteiger partial charge is 0.451 e. The number of anilines is 2. The maximum Gasteiger partial charge on any atom is 0.358 e. The molecule has 0 radical (unpaired) electrons. The summed E-state index contributed by atoms with van der Waals surface area (Å²) in [5.41, 5.74) is -0.576. The van der Waals surface area contributed by atoms with Crippen molar-refractivity contribution in [2.24, 2.45) is 0 Å². The third-order valence-electron chi connectivity index (χ3n) is 2.75. The van der Waals surface area contributed by atoms with Crippen LogP contribution in [0.3, 0.4) is 0 Å². The summed E-state index contributed by atoms with van der Waals surface area (Å²) < 4.78 is 44.0. The van der Waals surface area contributed by atoms with Gasteiger partial charge < -0.3 is 15.4 Å². The van der Waals surface area contributed by atoms with Gasteiger partial charge in [-0.15, -0.1) is 17.9 Å². The quantitative estimate of drug-likeness (QED) is 0.444. The van der Waals surface area contributed by atoms with Crippen LogP contribution in [0.25, 0.3) is 0 Å². The van der Waals surface area contributed by atoms with Crippen LogP contribution in [0, 0.1) is 17.5 Å². The number of ether oxygens (including phenoxy) is 1. The molecular weight excluding hydrogens is 359 g/mol. The molecule has 0 unspecified atom stereocenters. The summed E-state index contributed by atoms with van der Waals surface area (Å²) in [4.78, 5) is 27.3. The van der Waals surface area contributed by atoms with E-state index in [1.165, 1.54) is 5.38 Å². The lowest BCUT2D eigenvalue weighted by Gasteiger charge is -2.07. The number of aromatic nitrogens is 1. The second-order valence-electron chi connectivity index (χ2n) is 4.55. The number of amides is 1. The first-order chi connectivity index (χ1) is 11.9. The molecule has 132 valence electrons. The summed E-state index contributed by atoms with van der Waals surface area (Å²) in [7, 11) is 0. The molecule has 0 aliphatic heterocycles. The van der Waals surface area contributed by atoms with Crippen molar-refractivity contribution in [3.05, 3.63) is 53.3 Å². The second-order valence-corrected chi connectivity index (χ2v) is 5.41. The van der Waals surface area contributed by atoms with E-state index >= 15 is 0 Å². The highest BCUT2D eigenvalue weighted by Gasteiger charge is 2.17. The molecule has 10 heteroatoms. The van der Waals surface area contributed by atoms with Gasteiger partial charge in [-0.1, -0.05) is 6.08 Å². The fourth-order valence-corrected chi connectivity index (χ4v) is 2.31. The maximum absolute atomic E-state index is 13.4. The normalized spacial score (nSPS) is 10.2. The highest BCUT2D eigenvalue weighted by atomic mass is 32.1. The summed E-state index contributed by atoms with van der Waals surface area (Å²) in [5, 5.41) is 6.76. The van der Waals surface area contributed by atoms with E-state index in [9.17, 15) is 22.8 Å². The van der Waals surface area contributed by atoms with Crippen LogP contribution >= 0.6 is 11.3 Å². The number of carbonyl (C=O) groups excluding carboxylic acids is 2. The summed E-state index contributed by atoms with van der Waals surface area (Å²) >= 11 is 1.16. The summed E-state index contributed by atoms with van der Waals surface area (Å²) in [6, 6.07) is 1.51. The molecule has 2 N–H and O–H groups in total. The van der Waals surface area contributed by atoms with Crippen molar-refractivity contribution in [3.63, 3.8) is 0 Å². The van der Waals surface area contributed by atoms with Gasteiger partial charge in [0.1, 0.15) is 0 Å². The summed E-state index contributed by atoms with van der Waals surface area (Å²) in [6.45, 7) is 3.24. The van der Waals surface area contributed by atoms with Crippen LogP contribution in [-0.4, -0.2) is 30.0 Å². The fraction of sp³-hybridized carbons (Fsp3) is 0.133. The van der Waals surface area contributed by atoms with Crippen LogP contribution in [-0.2, 0) is 9.53 Å². The van der Waals surface area contributed by atoms with E-state index in [2.05, 4.69) is 16.9 Å². The van der Waals surface area contributed by atoms with Gasteiger partial charge in [0.2, 0.25) is 0 Å². The number of benzene rings is 1. The van der Waals surface area contributed by atoms with Gasteiger partial charge in [0.05, 0.1) is 5.69 Å². The van der Waals surface area contributed by atoms with Gasteiger partial charge >= 0.3 is 5.97 Å². The molecule has 0 fully saturated rings. The third-order valence-corrected chi connectivity index (χ3v) is 3.55. The summed E-state index contributed by atoms with van der Waals surface area (Å²) in [6.07, 6.45) is 1.61. The Morgan fingerprint density at radius 1 is 1.28 bits per heavy atom. The molecule has 25 heavy (non-hydrogen) atoms. The smallest absolute Gasteiger partial charge is 0.358 e. The van der Waals surface area contributed by atoms with Crippen LogP contribution in [0.2, 0.25) is 0 Å². The molecule has 2 rings (SSSR count). The third kappa shape index (κ3) is 4.80. The molecule has 0 saturated carbocycles. The minimum absolute atomic E-state index is 0.0108. The number of hydrogen-bond acceptors (Lipinski definition) is 6. The SMILES string of the molecule is C=CCNc1nc(C(=O)OCC(=O)Nc2ccc(F)c(F)c2F)cs1. The highest BCUT2D eigenvalue weighted by Crippen LogP contribution is 2.19. The molecule has 1 aromatic carbocycles. The zero-order valence-corrected chi connectivity index (χ0v) is 13.5. The molecule has 2 aromatic rings. The van der Waals surface area contributed by atoms with Gasteiger partial charge in [-0.05, 0) is 12.1 Å². The Bertz CT molecular complexity index is 811. The van der Waals surface area contributed by atoms with Gasteiger partial charge in [0.15, 0.2) is 34.9 Å². The molecule has 0 saturated heterocycles. The Balaban J connectivity index is 1.89. The lowest BCUT2D eigenvalue weighted by atomic mass is 10.3. The van der Waals surface area contributed by atoms with Crippen molar-refractivity contribution in [1.29, 1.82) is 0 Å². The van der Waals surface area contributed by atoms with E-state index in [0.717, 1.165) is 17.4 Å². The number of thiazole rings is 1. The Hall–Kier alpha value is -2.88. The molecule has 0 aliphatic rings. The predicted octanol–water partition coefficient (Wildman–Crippen LogP) is 2.95. The van der Waals surface area contributed by atoms with Crippen molar-refractivity contribution < 1.29 is 27.5 Å². The van der Waals surface area contributed by atoms with E-state index in [1.54, 1.807) is 6.08 Å². The van der Waals surface area contributed by atoms with Crippen molar-refractivity contribution >= 4 is 34.0 Å². The lowest BCUT2D eigenvalue weighted by molar-refractivity contribution is -0.119. The standard InChI is InChI=1S/C15H12F3N3O3S/c1-2-5-19-15-21-10(7-25-15)14(23)24-6-11(22)20-9-4-3-8(16)12(17)13(9)18/h2-4,7H,1,5-6H2,(H,19,21)(H,20,22). The topological polar surface area (TPSA) is 80.3 Å². The first-order valence-corrected chi connectivity index (χ1v) is 7.71. The molecular formula is C15H12F3N3O3S. The van der Waals surface area contributed by atoms with E-state index in [0.29, 0.717) is 17.7 Å². The lowest BCUT2D eigenvalue weighted by Crippen LogP contribution is -2.22. The van der Waals surface area contributed by atoms with E-state index in [4.69, 9.17) is 4.74 Å². The molecule has 6 nitrogen and oxygen atoms in total. The Morgan fingerprint density at radius 3 is 2.76 bits per heavy atom. The minimum atomic E-state index is -1.71. The number of halogens is 3. The van der Waals surface area contributed by atoms with E-state index in [-0.39, 0.29) is 5.69 Å². The molecule has 1 aromatic heterocycles. The average Bonchev–Trinajstić information content (AvgIpc) is 3.07. The molecule has 0 aliphatic carbocycles.